The van der Waals surface area contributed by atoms with Crippen LogP contribution in [0.3, 0.4) is 0 Å². The molecule has 3 nitrogen and oxygen atoms in total. The summed E-state index contributed by atoms with van der Waals surface area (Å²) in [4.78, 5) is 10.7. The normalized spacial score (nSPS) is 17.8. The van der Waals surface area contributed by atoms with E-state index >= 15 is 0 Å². The number of rotatable bonds is 6. The molecule has 0 unspecified atom stereocenters. The Kier molecular flexibility index (Phi) is 4.37. The second-order valence-corrected chi connectivity index (χ2v) is 5.25. The summed E-state index contributed by atoms with van der Waals surface area (Å²) in [5, 5.41) is 3.40. The molecule has 0 aromatic heterocycles. The number of amides is 1. The zero-order chi connectivity index (χ0) is 12.8. The molecule has 18 heavy (non-hydrogen) atoms. The van der Waals surface area contributed by atoms with Crippen molar-refractivity contribution >= 4 is 5.91 Å². The lowest BCUT2D eigenvalue weighted by Crippen LogP contribution is -2.37. The Morgan fingerprint density at radius 3 is 2.50 bits per heavy atom. The van der Waals surface area contributed by atoms with E-state index in [0.717, 1.165) is 6.54 Å². The van der Waals surface area contributed by atoms with Gasteiger partial charge in [-0.25, -0.2) is 0 Å². The molecule has 2 rings (SSSR count). The van der Waals surface area contributed by atoms with Gasteiger partial charge in [0.05, 0.1) is 0 Å². The van der Waals surface area contributed by atoms with Gasteiger partial charge in [-0.3, -0.25) is 4.79 Å². The van der Waals surface area contributed by atoms with E-state index in [0.29, 0.717) is 13.0 Å². The fourth-order valence-electron chi connectivity index (χ4n) is 2.95. The third-order valence-corrected chi connectivity index (χ3v) is 3.96. The summed E-state index contributed by atoms with van der Waals surface area (Å²) >= 11 is 0. The molecular formula is C15H22N2O. The van der Waals surface area contributed by atoms with Gasteiger partial charge in [0.1, 0.15) is 0 Å². The van der Waals surface area contributed by atoms with Crippen LogP contribution in [0.15, 0.2) is 30.3 Å². The third-order valence-electron chi connectivity index (χ3n) is 3.96. The van der Waals surface area contributed by atoms with Crippen molar-refractivity contribution in [3.8, 4) is 0 Å². The van der Waals surface area contributed by atoms with Crippen molar-refractivity contribution in [1.29, 1.82) is 0 Å². The maximum Gasteiger partial charge on any atom is 0.218 e. The molecule has 1 amide bonds. The Morgan fingerprint density at radius 2 is 1.89 bits per heavy atom. The number of primary amides is 1. The number of benzene rings is 1. The van der Waals surface area contributed by atoms with Crippen LogP contribution in [0.1, 0.15) is 37.7 Å². The molecule has 0 aliphatic heterocycles. The number of carbonyl (C=O) groups excluding carboxylic acids is 1. The van der Waals surface area contributed by atoms with E-state index in [4.69, 9.17) is 5.73 Å². The number of hydrogen-bond donors (Lipinski definition) is 2. The van der Waals surface area contributed by atoms with Gasteiger partial charge in [-0.1, -0.05) is 43.2 Å². The van der Waals surface area contributed by atoms with Crippen LogP contribution in [0.25, 0.3) is 0 Å². The van der Waals surface area contributed by atoms with Gasteiger partial charge in [0.25, 0.3) is 0 Å². The molecule has 3 N–H and O–H groups in total. The van der Waals surface area contributed by atoms with Crippen molar-refractivity contribution in [2.75, 3.05) is 13.1 Å². The molecule has 3 heteroatoms. The standard InChI is InChI=1S/C15H22N2O/c16-14(18)8-11-17-12-15(9-4-5-10-15)13-6-2-1-3-7-13/h1-3,6-7,17H,4-5,8-12H2,(H2,16,18). The van der Waals surface area contributed by atoms with Gasteiger partial charge in [-0.05, 0) is 18.4 Å². The van der Waals surface area contributed by atoms with E-state index in [9.17, 15) is 4.79 Å². The summed E-state index contributed by atoms with van der Waals surface area (Å²) in [6.07, 6.45) is 5.49. The van der Waals surface area contributed by atoms with E-state index in [1.807, 2.05) is 0 Å². The predicted octanol–water partition coefficient (Wildman–Crippen LogP) is 1.96. The molecule has 0 heterocycles. The van der Waals surface area contributed by atoms with Gasteiger partial charge < -0.3 is 11.1 Å². The van der Waals surface area contributed by atoms with E-state index in [1.165, 1.54) is 31.2 Å². The SMILES string of the molecule is NC(=O)CCNCC1(c2ccccc2)CCCC1. The molecule has 0 bridgehead atoms. The highest BCUT2D eigenvalue weighted by Crippen LogP contribution is 2.40. The smallest absolute Gasteiger partial charge is 0.218 e. The zero-order valence-corrected chi connectivity index (χ0v) is 10.8. The third kappa shape index (κ3) is 3.10. The van der Waals surface area contributed by atoms with Crippen LogP contribution in [-0.4, -0.2) is 19.0 Å². The number of nitrogens with one attached hydrogen (secondary N) is 1. The highest BCUT2D eigenvalue weighted by molar-refractivity contribution is 5.73. The van der Waals surface area contributed by atoms with Crippen molar-refractivity contribution < 1.29 is 4.79 Å². The van der Waals surface area contributed by atoms with E-state index in [-0.39, 0.29) is 11.3 Å². The minimum atomic E-state index is -0.234. The number of carbonyl (C=O) groups is 1. The zero-order valence-electron chi connectivity index (χ0n) is 10.8. The number of nitrogens with two attached hydrogens (primary N) is 1. The lowest BCUT2D eigenvalue weighted by atomic mass is 9.79. The fraction of sp³-hybridized carbons (Fsp3) is 0.533. The van der Waals surface area contributed by atoms with Crippen LogP contribution < -0.4 is 11.1 Å². The Bertz CT molecular complexity index is 383. The van der Waals surface area contributed by atoms with Crippen LogP contribution in [0.4, 0.5) is 0 Å². The Labute approximate surface area is 109 Å². The van der Waals surface area contributed by atoms with Crippen molar-refractivity contribution in [1.82, 2.24) is 5.32 Å². The van der Waals surface area contributed by atoms with Gasteiger partial charge in [-0.2, -0.15) is 0 Å². The molecule has 1 aliphatic rings. The second kappa shape index (κ2) is 6.01. The molecule has 1 aromatic rings. The first-order chi connectivity index (χ1) is 8.73. The highest BCUT2D eigenvalue weighted by Gasteiger charge is 2.34. The van der Waals surface area contributed by atoms with E-state index < -0.39 is 0 Å². The maximum atomic E-state index is 10.7. The van der Waals surface area contributed by atoms with Gasteiger partial charge >= 0.3 is 0 Å². The Morgan fingerprint density at radius 1 is 1.22 bits per heavy atom. The average molecular weight is 246 g/mol. The van der Waals surface area contributed by atoms with Crippen molar-refractivity contribution in [3.63, 3.8) is 0 Å². The van der Waals surface area contributed by atoms with E-state index in [2.05, 4.69) is 35.6 Å². The van der Waals surface area contributed by atoms with Gasteiger partial charge in [0.2, 0.25) is 5.91 Å². The first kappa shape index (κ1) is 13.1. The van der Waals surface area contributed by atoms with Crippen LogP contribution >= 0.6 is 0 Å². The Balaban J connectivity index is 1.97. The quantitative estimate of drug-likeness (QED) is 0.754. The van der Waals surface area contributed by atoms with Crippen LogP contribution in [0.5, 0.6) is 0 Å². The second-order valence-electron chi connectivity index (χ2n) is 5.25. The first-order valence-electron chi connectivity index (χ1n) is 6.77. The summed E-state index contributed by atoms with van der Waals surface area (Å²) in [6, 6.07) is 10.7. The molecule has 1 saturated carbocycles. The van der Waals surface area contributed by atoms with Gasteiger partial charge in [-0.15, -0.1) is 0 Å². The topological polar surface area (TPSA) is 55.1 Å². The molecular weight excluding hydrogens is 224 g/mol. The minimum Gasteiger partial charge on any atom is -0.370 e. The van der Waals surface area contributed by atoms with Gasteiger partial charge in [0.15, 0.2) is 0 Å². The van der Waals surface area contributed by atoms with Crippen molar-refractivity contribution in [3.05, 3.63) is 35.9 Å². The summed E-state index contributed by atoms with van der Waals surface area (Å²) in [5.41, 5.74) is 6.84. The summed E-state index contributed by atoms with van der Waals surface area (Å²) in [6.45, 7) is 1.63. The summed E-state index contributed by atoms with van der Waals surface area (Å²) < 4.78 is 0. The van der Waals surface area contributed by atoms with Crippen LogP contribution in [0.2, 0.25) is 0 Å². The largest absolute Gasteiger partial charge is 0.370 e. The molecule has 0 atom stereocenters. The fourth-order valence-corrected chi connectivity index (χ4v) is 2.95. The van der Waals surface area contributed by atoms with E-state index in [1.54, 1.807) is 0 Å². The van der Waals surface area contributed by atoms with Gasteiger partial charge in [0, 0.05) is 24.9 Å². The predicted molar refractivity (Wildman–Crippen MR) is 73.3 cm³/mol. The number of hydrogen-bond acceptors (Lipinski definition) is 2. The lowest BCUT2D eigenvalue weighted by molar-refractivity contribution is -0.117. The Hall–Kier alpha value is -1.35. The molecule has 1 aliphatic carbocycles. The molecule has 0 spiro atoms. The van der Waals surface area contributed by atoms with Crippen molar-refractivity contribution in [2.45, 2.75) is 37.5 Å². The molecule has 0 radical (unpaired) electrons. The minimum absolute atomic E-state index is 0.234. The van der Waals surface area contributed by atoms with Crippen molar-refractivity contribution in [2.24, 2.45) is 5.73 Å². The monoisotopic (exact) mass is 246 g/mol. The summed E-state index contributed by atoms with van der Waals surface area (Å²) in [7, 11) is 0. The highest BCUT2D eigenvalue weighted by atomic mass is 16.1. The summed E-state index contributed by atoms with van der Waals surface area (Å²) in [5.74, 6) is -0.234. The maximum absolute atomic E-state index is 10.7. The lowest BCUT2D eigenvalue weighted by Gasteiger charge is -2.30. The molecule has 1 fully saturated rings. The first-order valence-corrected chi connectivity index (χ1v) is 6.77. The molecule has 1 aromatic carbocycles. The van der Waals surface area contributed by atoms with Crippen LogP contribution in [0, 0.1) is 0 Å². The average Bonchev–Trinajstić information content (AvgIpc) is 2.86. The van der Waals surface area contributed by atoms with Crippen LogP contribution in [-0.2, 0) is 10.2 Å². The molecule has 98 valence electrons. The molecule has 0 saturated heterocycles.